The summed E-state index contributed by atoms with van der Waals surface area (Å²) in [4.78, 5) is 14.4. The van der Waals surface area contributed by atoms with Gasteiger partial charge in [-0.05, 0) is 58.7 Å². The van der Waals surface area contributed by atoms with Gasteiger partial charge in [-0.3, -0.25) is 4.90 Å². The molecular formula is C21H32N2O5. The van der Waals surface area contributed by atoms with Crippen molar-refractivity contribution in [2.24, 2.45) is 0 Å². The molecule has 1 N–H and O–H groups in total. The first kappa shape index (κ1) is 20.6. The Hall–Kier alpha value is -2.15. The second-order valence-corrected chi connectivity index (χ2v) is 8.29. The molecule has 1 saturated heterocycles. The Balaban J connectivity index is 1.39. The highest BCUT2D eigenvalue weighted by Gasteiger charge is 2.24. The van der Waals surface area contributed by atoms with Crippen molar-refractivity contribution in [2.45, 2.75) is 58.1 Å². The van der Waals surface area contributed by atoms with Gasteiger partial charge in [0.05, 0.1) is 6.61 Å². The van der Waals surface area contributed by atoms with E-state index in [1.807, 2.05) is 39.0 Å². The molecular weight excluding hydrogens is 360 g/mol. The number of hydrogen-bond acceptors (Lipinski definition) is 6. The summed E-state index contributed by atoms with van der Waals surface area (Å²) in [6.07, 6.45) is 4.08. The molecule has 0 saturated carbocycles. The van der Waals surface area contributed by atoms with E-state index in [2.05, 4.69) is 10.2 Å². The summed E-state index contributed by atoms with van der Waals surface area (Å²) in [5.74, 6) is 2.30. The fourth-order valence-corrected chi connectivity index (χ4v) is 3.53. The molecule has 2 aliphatic heterocycles. The average molecular weight is 392 g/mol. The number of fused-ring (bicyclic) bond motifs is 1. The van der Waals surface area contributed by atoms with Crippen molar-refractivity contribution in [1.82, 2.24) is 10.2 Å². The smallest absolute Gasteiger partial charge is 0.407 e. The third-order valence-corrected chi connectivity index (χ3v) is 4.83. The Morgan fingerprint density at radius 1 is 1.25 bits per heavy atom. The molecule has 28 heavy (non-hydrogen) atoms. The predicted octanol–water partition coefficient (Wildman–Crippen LogP) is 3.56. The van der Waals surface area contributed by atoms with Crippen LogP contribution in [0.25, 0.3) is 0 Å². The van der Waals surface area contributed by atoms with E-state index in [1.54, 1.807) is 0 Å². The lowest BCUT2D eigenvalue weighted by atomic mass is 10.0. The van der Waals surface area contributed by atoms with Crippen molar-refractivity contribution in [3.8, 4) is 17.2 Å². The maximum absolute atomic E-state index is 11.9. The Labute approximate surface area is 167 Å². The van der Waals surface area contributed by atoms with Crippen LogP contribution in [0.3, 0.4) is 0 Å². The highest BCUT2D eigenvalue weighted by molar-refractivity contribution is 5.67. The van der Waals surface area contributed by atoms with E-state index < -0.39 is 5.60 Å². The lowest BCUT2D eigenvalue weighted by molar-refractivity contribution is 0.0493. The number of nitrogens with zero attached hydrogens (tertiary/aromatic N) is 1. The van der Waals surface area contributed by atoms with Crippen molar-refractivity contribution >= 4 is 6.09 Å². The first-order valence-corrected chi connectivity index (χ1v) is 10.1. The quantitative estimate of drug-likeness (QED) is 0.716. The number of hydrogen-bond donors (Lipinski definition) is 1. The number of nitrogens with one attached hydrogen (secondary N) is 1. The summed E-state index contributed by atoms with van der Waals surface area (Å²) in [5.41, 5.74) is -0.470. The largest absolute Gasteiger partial charge is 0.493 e. The van der Waals surface area contributed by atoms with Gasteiger partial charge in [0.25, 0.3) is 0 Å². The molecule has 1 aromatic carbocycles. The molecule has 1 fully saturated rings. The minimum Gasteiger partial charge on any atom is -0.493 e. The van der Waals surface area contributed by atoms with Crippen LogP contribution in [-0.2, 0) is 4.74 Å². The van der Waals surface area contributed by atoms with Gasteiger partial charge in [0.15, 0.2) is 11.5 Å². The predicted molar refractivity (Wildman–Crippen MR) is 106 cm³/mol. The molecule has 0 spiro atoms. The third-order valence-electron chi connectivity index (χ3n) is 4.83. The van der Waals surface area contributed by atoms with E-state index in [4.69, 9.17) is 18.9 Å². The van der Waals surface area contributed by atoms with Crippen LogP contribution < -0.4 is 19.5 Å². The zero-order valence-corrected chi connectivity index (χ0v) is 17.2. The molecule has 0 aliphatic carbocycles. The highest BCUT2D eigenvalue weighted by atomic mass is 16.7. The second kappa shape index (κ2) is 9.37. The molecule has 156 valence electrons. The van der Waals surface area contributed by atoms with Crippen molar-refractivity contribution < 1.29 is 23.7 Å². The molecule has 0 unspecified atom stereocenters. The summed E-state index contributed by atoms with van der Waals surface area (Å²) in [6, 6.07) is 6.01. The van der Waals surface area contributed by atoms with E-state index in [0.717, 1.165) is 43.2 Å². The summed E-state index contributed by atoms with van der Waals surface area (Å²) in [5, 5.41) is 2.92. The number of piperidine rings is 1. The van der Waals surface area contributed by atoms with Crippen LogP contribution in [0.4, 0.5) is 4.79 Å². The van der Waals surface area contributed by atoms with Crippen LogP contribution in [-0.4, -0.2) is 55.7 Å². The monoisotopic (exact) mass is 392 g/mol. The maximum atomic E-state index is 11.9. The van der Waals surface area contributed by atoms with Crippen LogP contribution in [0.1, 0.15) is 46.5 Å². The van der Waals surface area contributed by atoms with E-state index in [-0.39, 0.29) is 12.9 Å². The minimum absolute atomic E-state index is 0.270. The van der Waals surface area contributed by atoms with Crippen LogP contribution in [0, 0.1) is 0 Å². The van der Waals surface area contributed by atoms with Gasteiger partial charge >= 0.3 is 6.09 Å². The first-order chi connectivity index (χ1) is 13.4. The summed E-state index contributed by atoms with van der Waals surface area (Å²) < 4.78 is 21.9. The number of ether oxygens (including phenoxy) is 4. The normalized spacial score (nSPS) is 19.3. The molecule has 3 rings (SSSR count). The number of carbonyl (C=O) groups excluding carboxylic acids is 1. The van der Waals surface area contributed by atoms with Crippen LogP contribution >= 0.6 is 0 Å². The number of rotatable bonds is 7. The van der Waals surface area contributed by atoms with Gasteiger partial charge in [-0.2, -0.15) is 0 Å². The van der Waals surface area contributed by atoms with Gasteiger partial charge in [-0.15, -0.1) is 0 Å². The molecule has 1 amide bonds. The van der Waals surface area contributed by atoms with Gasteiger partial charge < -0.3 is 24.3 Å². The second-order valence-electron chi connectivity index (χ2n) is 8.29. The van der Waals surface area contributed by atoms with Gasteiger partial charge in [-0.25, -0.2) is 4.79 Å². The Bertz CT molecular complexity index is 659. The molecule has 0 bridgehead atoms. The van der Waals surface area contributed by atoms with Gasteiger partial charge in [0, 0.05) is 25.2 Å². The Morgan fingerprint density at radius 2 is 2.07 bits per heavy atom. The van der Waals surface area contributed by atoms with Crippen LogP contribution in [0.2, 0.25) is 0 Å². The number of amides is 1. The number of alkyl carbamates (subject to hydrolysis) is 1. The summed E-state index contributed by atoms with van der Waals surface area (Å²) in [6.45, 7) is 9.17. The third kappa shape index (κ3) is 6.19. The van der Waals surface area contributed by atoms with E-state index in [0.29, 0.717) is 19.2 Å². The SMILES string of the molecule is CC(C)(C)OC(=O)NC[C@H]1CCCCN1CCCOc1ccc2c(c1)OCO2. The highest BCUT2D eigenvalue weighted by Crippen LogP contribution is 2.35. The zero-order valence-electron chi connectivity index (χ0n) is 17.2. The van der Waals surface area contributed by atoms with Gasteiger partial charge in [0.2, 0.25) is 6.79 Å². The molecule has 2 aliphatic rings. The molecule has 0 aromatic heterocycles. The number of carbonyl (C=O) groups is 1. The summed E-state index contributed by atoms with van der Waals surface area (Å²) >= 11 is 0. The number of likely N-dealkylation sites (tertiary alicyclic amines) is 1. The van der Waals surface area contributed by atoms with Gasteiger partial charge in [0.1, 0.15) is 11.4 Å². The van der Waals surface area contributed by atoms with Crippen LogP contribution in [0.5, 0.6) is 17.2 Å². The van der Waals surface area contributed by atoms with Gasteiger partial charge in [-0.1, -0.05) is 6.42 Å². The molecule has 1 aromatic rings. The lowest BCUT2D eigenvalue weighted by Crippen LogP contribution is -2.47. The Morgan fingerprint density at radius 3 is 2.89 bits per heavy atom. The van der Waals surface area contributed by atoms with E-state index >= 15 is 0 Å². The summed E-state index contributed by atoms with van der Waals surface area (Å²) in [7, 11) is 0. The maximum Gasteiger partial charge on any atom is 0.407 e. The average Bonchev–Trinajstić information content (AvgIpc) is 3.11. The Kier molecular flexibility index (Phi) is 6.88. The zero-order chi connectivity index (χ0) is 20.0. The minimum atomic E-state index is -0.470. The number of benzene rings is 1. The van der Waals surface area contributed by atoms with Crippen LogP contribution in [0.15, 0.2) is 18.2 Å². The van der Waals surface area contributed by atoms with Crippen molar-refractivity contribution in [3.63, 3.8) is 0 Å². The molecule has 2 heterocycles. The fourth-order valence-electron chi connectivity index (χ4n) is 3.53. The lowest BCUT2D eigenvalue weighted by Gasteiger charge is -2.36. The van der Waals surface area contributed by atoms with Crippen molar-refractivity contribution in [2.75, 3.05) is 33.0 Å². The fraction of sp³-hybridized carbons (Fsp3) is 0.667. The van der Waals surface area contributed by atoms with E-state index in [9.17, 15) is 4.79 Å². The molecule has 7 nitrogen and oxygen atoms in total. The molecule has 7 heteroatoms. The topological polar surface area (TPSA) is 69.3 Å². The van der Waals surface area contributed by atoms with Crippen molar-refractivity contribution in [1.29, 1.82) is 0 Å². The standard InChI is InChI=1S/C21H32N2O5/c1-21(2,3)28-20(24)22-14-16-7-4-5-10-23(16)11-6-12-25-17-8-9-18-19(13-17)27-15-26-18/h8-9,13,16H,4-7,10-12,14-15H2,1-3H3,(H,22,24)/t16-/m1/s1. The molecule has 1 atom stereocenters. The van der Waals surface area contributed by atoms with Crippen molar-refractivity contribution in [3.05, 3.63) is 18.2 Å². The molecule has 0 radical (unpaired) electrons. The first-order valence-electron chi connectivity index (χ1n) is 10.1. The van der Waals surface area contributed by atoms with E-state index in [1.165, 1.54) is 12.8 Å².